The van der Waals surface area contributed by atoms with Crippen LogP contribution in [0.1, 0.15) is 42.6 Å². The second-order valence-electron chi connectivity index (χ2n) is 5.28. The van der Waals surface area contributed by atoms with Crippen molar-refractivity contribution in [2.75, 3.05) is 7.05 Å². The third-order valence-electron chi connectivity index (χ3n) is 3.80. The van der Waals surface area contributed by atoms with E-state index in [4.69, 9.17) is 0 Å². The van der Waals surface area contributed by atoms with Crippen LogP contribution in [0.5, 0.6) is 0 Å². The van der Waals surface area contributed by atoms with Gasteiger partial charge >= 0.3 is 0 Å². The van der Waals surface area contributed by atoms with Crippen molar-refractivity contribution in [1.82, 2.24) is 15.1 Å². The maximum absolute atomic E-state index is 4.54. The number of aryl methyl sites for hydroxylation is 3. The number of rotatable bonds is 7. The largest absolute Gasteiger partial charge is 0.313 e. The van der Waals surface area contributed by atoms with Crippen molar-refractivity contribution >= 4 is 0 Å². The predicted molar refractivity (Wildman–Crippen MR) is 83.8 cm³/mol. The molecule has 0 aliphatic carbocycles. The zero-order chi connectivity index (χ0) is 14.4. The molecule has 0 radical (unpaired) electrons. The van der Waals surface area contributed by atoms with Gasteiger partial charge in [0.05, 0.1) is 5.69 Å². The van der Waals surface area contributed by atoms with Crippen LogP contribution in [0.15, 0.2) is 36.5 Å². The molecule has 0 fully saturated rings. The molecular weight excluding hydrogens is 246 g/mol. The highest BCUT2D eigenvalue weighted by atomic mass is 15.3. The smallest absolute Gasteiger partial charge is 0.0669 e. The summed E-state index contributed by atoms with van der Waals surface area (Å²) in [5, 5.41) is 7.98. The molecule has 0 aliphatic rings. The summed E-state index contributed by atoms with van der Waals surface area (Å²) < 4.78 is 1.93. The first kappa shape index (κ1) is 14.8. The molecule has 0 amide bonds. The molecule has 3 nitrogen and oxygen atoms in total. The molecule has 2 rings (SSSR count). The first-order valence-corrected chi connectivity index (χ1v) is 7.48. The fourth-order valence-electron chi connectivity index (χ4n) is 2.73. The number of benzene rings is 1. The number of hydrogen-bond acceptors (Lipinski definition) is 2. The Morgan fingerprint density at radius 1 is 1.25 bits per heavy atom. The van der Waals surface area contributed by atoms with Gasteiger partial charge in [0.2, 0.25) is 0 Å². The van der Waals surface area contributed by atoms with Gasteiger partial charge in [0.25, 0.3) is 0 Å². The molecule has 1 unspecified atom stereocenters. The van der Waals surface area contributed by atoms with Gasteiger partial charge in [-0.05, 0) is 38.3 Å². The van der Waals surface area contributed by atoms with Crippen molar-refractivity contribution < 1.29 is 0 Å². The van der Waals surface area contributed by atoms with E-state index in [-0.39, 0.29) is 0 Å². The number of nitrogens with one attached hydrogen (secondary N) is 1. The first-order valence-electron chi connectivity index (χ1n) is 7.48. The van der Waals surface area contributed by atoms with E-state index in [2.05, 4.69) is 53.9 Å². The fourth-order valence-corrected chi connectivity index (χ4v) is 2.73. The van der Waals surface area contributed by atoms with Gasteiger partial charge < -0.3 is 5.32 Å². The average Bonchev–Trinajstić information content (AvgIpc) is 2.85. The van der Waals surface area contributed by atoms with Crippen molar-refractivity contribution in [3.63, 3.8) is 0 Å². The summed E-state index contributed by atoms with van der Waals surface area (Å²) in [5.41, 5.74) is 3.99. The molecule has 0 spiro atoms. The van der Waals surface area contributed by atoms with Gasteiger partial charge in [-0.1, -0.05) is 37.3 Å². The average molecular weight is 271 g/mol. The fraction of sp³-hybridized carbons (Fsp3) is 0.471. The maximum Gasteiger partial charge on any atom is 0.0669 e. The Balaban J connectivity index is 1.95. The molecule has 3 heteroatoms. The summed E-state index contributed by atoms with van der Waals surface area (Å²) >= 11 is 0. The Morgan fingerprint density at radius 2 is 2.00 bits per heavy atom. The highest BCUT2D eigenvalue weighted by Gasteiger charge is 2.15. The van der Waals surface area contributed by atoms with E-state index in [9.17, 15) is 0 Å². The van der Waals surface area contributed by atoms with Crippen LogP contribution in [-0.2, 0) is 19.9 Å². The SMILES string of the molecule is CCc1nn(C)cc1C(CCCc1ccccc1)NC. The van der Waals surface area contributed by atoms with Crippen LogP contribution in [0.3, 0.4) is 0 Å². The standard InChI is InChI=1S/C17H25N3/c1-4-16-15(13-20(3)19-16)17(18-2)12-8-11-14-9-6-5-7-10-14/h5-7,9-10,13,17-18H,4,8,11-12H2,1-3H3. The van der Waals surface area contributed by atoms with Crippen molar-refractivity contribution in [3.05, 3.63) is 53.3 Å². The molecule has 1 N–H and O–H groups in total. The summed E-state index contributed by atoms with van der Waals surface area (Å²) in [6.07, 6.45) is 6.62. The molecule has 108 valence electrons. The molecule has 0 aliphatic heterocycles. The molecule has 2 aromatic rings. The Hall–Kier alpha value is -1.61. The van der Waals surface area contributed by atoms with E-state index < -0.39 is 0 Å². The summed E-state index contributed by atoms with van der Waals surface area (Å²) in [5.74, 6) is 0. The lowest BCUT2D eigenvalue weighted by atomic mass is 9.99. The number of aromatic nitrogens is 2. The molecule has 0 bridgehead atoms. The van der Waals surface area contributed by atoms with E-state index in [0.717, 1.165) is 19.3 Å². The number of hydrogen-bond donors (Lipinski definition) is 1. The highest BCUT2D eigenvalue weighted by Crippen LogP contribution is 2.22. The number of nitrogens with zero attached hydrogens (tertiary/aromatic N) is 2. The van der Waals surface area contributed by atoms with E-state index in [1.54, 1.807) is 0 Å². The second kappa shape index (κ2) is 7.25. The van der Waals surface area contributed by atoms with Crippen LogP contribution in [0.2, 0.25) is 0 Å². The third-order valence-corrected chi connectivity index (χ3v) is 3.80. The molecule has 20 heavy (non-hydrogen) atoms. The molecular formula is C17H25N3. The van der Waals surface area contributed by atoms with Crippen LogP contribution in [0, 0.1) is 0 Å². The van der Waals surface area contributed by atoms with Crippen LogP contribution < -0.4 is 5.32 Å². The highest BCUT2D eigenvalue weighted by molar-refractivity contribution is 5.21. The van der Waals surface area contributed by atoms with E-state index in [0.29, 0.717) is 6.04 Å². The van der Waals surface area contributed by atoms with Crippen molar-refractivity contribution in [1.29, 1.82) is 0 Å². The molecule has 1 heterocycles. The van der Waals surface area contributed by atoms with Gasteiger partial charge in [-0.2, -0.15) is 5.10 Å². The van der Waals surface area contributed by atoms with E-state index >= 15 is 0 Å². The van der Waals surface area contributed by atoms with Crippen LogP contribution in [-0.4, -0.2) is 16.8 Å². The summed E-state index contributed by atoms with van der Waals surface area (Å²) in [7, 11) is 4.04. The Bertz CT molecular complexity index is 516. The van der Waals surface area contributed by atoms with Crippen LogP contribution in [0.4, 0.5) is 0 Å². The van der Waals surface area contributed by atoms with Crippen molar-refractivity contribution in [3.8, 4) is 0 Å². The lowest BCUT2D eigenvalue weighted by Gasteiger charge is -2.16. The third kappa shape index (κ3) is 3.70. The lowest BCUT2D eigenvalue weighted by Crippen LogP contribution is -2.17. The zero-order valence-corrected chi connectivity index (χ0v) is 12.8. The van der Waals surface area contributed by atoms with Crippen LogP contribution in [0.25, 0.3) is 0 Å². The van der Waals surface area contributed by atoms with E-state index in [1.807, 2.05) is 18.8 Å². The lowest BCUT2D eigenvalue weighted by molar-refractivity contribution is 0.523. The second-order valence-corrected chi connectivity index (χ2v) is 5.28. The molecule has 1 aromatic carbocycles. The summed E-state index contributed by atoms with van der Waals surface area (Å²) in [6, 6.07) is 11.1. The summed E-state index contributed by atoms with van der Waals surface area (Å²) in [6.45, 7) is 2.17. The minimum absolute atomic E-state index is 0.405. The quantitative estimate of drug-likeness (QED) is 0.837. The monoisotopic (exact) mass is 271 g/mol. The first-order chi connectivity index (χ1) is 9.74. The van der Waals surface area contributed by atoms with Gasteiger partial charge in [-0.3, -0.25) is 4.68 Å². The Kier molecular flexibility index (Phi) is 5.36. The van der Waals surface area contributed by atoms with Gasteiger partial charge in [-0.15, -0.1) is 0 Å². The molecule has 1 aromatic heterocycles. The van der Waals surface area contributed by atoms with Crippen LogP contribution >= 0.6 is 0 Å². The van der Waals surface area contributed by atoms with Gasteiger partial charge in [0.15, 0.2) is 0 Å². The summed E-state index contributed by atoms with van der Waals surface area (Å²) in [4.78, 5) is 0. The zero-order valence-electron chi connectivity index (χ0n) is 12.8. The minimum atomic E-state index is 0.405. The van der Waals surface area contributed by atoms with Crippen molar-refractivity contribution in [2.24, 2.45) is 7.05 Å². The van der Waals surface area contributed by atoms with Gasteiger partial charge in [0, 0.05) is 24.8 Å². The minimum Gasteiger partial charge on any atom is -0.313 e. The Labute approximate surface area is 122 Å². The van der Waals surface area contributed by atoms with Gasteiger partial charge in [-0.25, -0.2) is 0 Å². The molecule has 0 saturated carbocycles. The van der Waals surface area contributed by atoms with Crippen molar-refractivity contribution in [2.45, 2.75) is 38.6 Å². The molecule has 0 saturated heterocycles. The topological polar surface area (TPSA) is 29.9 Å². The maximum atomic E-state index is 4.54. The Morgan fingerprint density at radius 3 is 2.65 bits per heavy atom. The predicted octanol–water partition coefficient (Wildman–Crippen LogP) is 3.27. The normalized spacial score (nSPS) is 12.6. The van der Waals surface area contributed by atoms with Gasteiger partial charge in [0.1, 0.15) is 0 Å². The molecule has 1 atom stereocenters. The van der Waals surface area contributed by atoms with E-state index in [1.165, 1.54) is 23.2 Å².